The second-order valence-corrected chi connectivity index (χ2v) is 5.75. The Morgan fingerprint density at radius 2 is 2.00 bits per heavy atom. The smallest absolute Gasteiger partial charge is 0.273 e. The van der Waals surface area contributed by atoms with Crippen LogP contribution in [0.1, 0.15) is 27.2 Å². The summed E-state index contributed by atoms with van der Waals surface area (Å²) in [6.45, 7) is 7.54. The molecule has 1 aromatic rings. The van der Waals surface area contributed by atoms with Crippen LogP contribution < -0.4 is 10.6 Å². The zero-order valence-corrected chi connectivity index (χ0v) is 11.7. The van der Waals surface area contributed by atoms with E-state index in [2.05, 4.69) is 25.7 Å². The lowest BCUT2D eigenvalue weighted by Crippen LogP contribution is -2.45. The maximum Gasteiger partial charge on any atom is 0.273 e. The van der Waals surface area contributed by atoms with Gasteiger partial charge in [-0.15, -0.1) is 0 Å². The van der Waals surface area contributed by atoms with Gasteiger partial charge in [-0.3, -0.25) is 10.1 Å². The van der Waals surface area contributed by atoms with E-state index < -0.39 is 0 Å². The molecule has 1 heterocycles. The van der Waals surface area contributed by atoms with E-state index in [0.29, 0.717) is 23.6 Å². The van der Waals surface area contributed by atoms with Crippen molar-refractivity contribution in [2.24, 2.45) is 11.8 Å². The van der Waals surface area contributed by atoms with E-state index in [1.165, 1.54) is 12.5 Å². The number of nitro groups is 1. The second-order valence-electron chi connectivity index (χ2n) is 5.75. The predicted molar refractivity (Wildman–Crippen MR) is 77.3 cm³/mol. The number of non-ortho nitro benzene ring substituents is 1. The molecule has 0 aromatic heterocycles. The van der Waals surface area contributed by atoms with Crippen LogP contribution in [0.25, 0.3) is 0 Å². The van der Waals surface area contributed by atoms with Crippen LogP contribution in [0.2, 0.25) is 0 Å². The number of hydrogen-bond donors (Lipinski definition) is 1. The van der Waals surface area contributed by atoms with E-state index in [1.807, 2.05) is 6.07 Å². The predicted octanol–water partition coefficient (Wildman–Crippen LogP) is 3.05. The van der Waals surface area contributed by atoms with Crippen molar-refractivity contribution >= 4 is 17.1 Å². The summed E-state index contributed by atoms with van der Waals surface area (Å²) in [6.07, 6.45) is 1.20. The molecule has 3 atom stereocenters. The minimum atomic E-state index is -0.388. The molecule has 104 valence electrons. The van der Waals surface area contributed by atoms with E-state index in [4.69, 9.17) is 5.73 Å². The number of anilines is 2. The lowest BCUT2D eigenvalue weighted by Gasteiger charge is -2.42. The molecule has 0 amide bonds. The minimum absolute atomic E-state index is 0.0630. The number of piperidine rings is 1. The molecule has 0 bridgehead atoms. The number of nitrogens with two attached hydrogens (primary N) is 1. The van der Waals surface area contributed by atoms with Crippen molar-refractivity contribution in [1.82, 2.24) is 0 Å². The molecule has 1 aliphatic rings. The molecule has 0 radical (unpaired) electrons. The van der Waals surface area contributed by atoms with Gasteiger partial charge in [0.05, 0.1) is 4.92 Å². The van der Waals surface area contributed by atoms with Crippen LogP contribution in [-0.4, -0.2) is 17.5 Å². The van der Waals surface area contributed by atoms with Gasteiger partial charge in [-0.05, 0) is 31.2 Å². The lowest BCUT2D eigenvalue weighted by molar-refractivity contribution is -0.384. The average Bonchev–Trinajstić information content (AvgIpc) is 2.32. The molecule has 5 heteroatoms. The third-order valence-electron chi connectivity index (χ3n) is 4.06. The topological polar surface area (TPSA) is 72.4 Å². The van der Waals surface area contributed by atoms with Crippen LogP contribution in [-0.2, 0) is 0 Å². The fourth-order valence-electron chi connectivity index (χ4n) is 2.95. The highest BCUT2D eigenvalue weighted by molar-refractivity contribution is 5.63. The number of nitro benzene ring substituents is 1. The fourth-order valence-corrected chi connectivity index (χ4v) is 2.95. The summed E-state index contributed by atoms with van der Waals surface area (Å²) in [5.41, 5.74) is 7.16. The Bertz CT molecular complexity index is 490. The average molecular weight is 263 g/mol. The summed E-state index contributed by atoms with van der Waals surface area (Å²) < 4.78 is 0. The van der Waals surface area contributed by atoms with Crippen molar-refractivity contribution in [3.05, 3.63) is 28.3 Å². The number of nitrogens with zero attached hydrogens (tertiary/aromatic N) is 2. The molecule has 1 aliphatic heterocycles. The number of rotatable bonds is 2. The zero-order chi connectivity index (χ0) is 14.2. The third-order valence-corrected chi connectivity index (χ3v) is 4.06. The van der Waals surface area contributed by atoms with Crippen molar-refractivity contribution in [3.63, 3.8) is 0 Å². The van der Waals surface area contributed by atoms with Crippen LogP contribution in [0.3, 0.4) is 0 Å². The standard InChI is InChI=1S/C14H21N3O2/c1-9-4-10(2)11(3)16(8-9)13-5-12(15)6-14(7-13)17(18)19/h5-7,9-11H,4,8,15H2,1-3H3. The first-order valence-electron chi connectivity index (χ1n) is 6.70. The number of benzene rings is 1. The van der Waals surface area contributed by atoms with Gasteiger partial charge in [0.15, 0.2) is 0 Å². The molecule has 19 heavy (non-hydrogen) atoms. The first kappa shape index (κ1) is 13.6. The third kappa shape index (κ3) is 2.80. The first-order chi connectivity index (χ1) is 8.88. The van der Waals surface area contributed by atoms with Gasteiger partial charge in [-0.2, -0.15) is 0 Å². The highest BCUT2D eigenvalue weighted by atomic mass is 16.6. The summed E-state index contributed by atoms with van der Waals surface area (Å²) in [4.78, 5) is 12.8. The van der Waals surface area contributed by atoms with Gasteiger partial charge < -0.3 is 10.6 Å². The van der Waals surface area contributed by atoms with Gasteiger partial charge in [0.1, 0.15) is 0 Å². The Balaban J connectivity index is 2.37. The van der Waals surface area contributed by atoms with E-state index in [0.717, 1.165) is 12.2 Å². The lowest BCUT2D eigenvalue weighted by atomic mass is 9.85. The first-order valence-corrected chi connectivity index (χ1v) is 6.70. The summed E-state index contributed by atoms with van der Waals surface area (Å²) >= 11 is 0. The van der Waals surface area contributed by atoms with Gasteiger partial charge in [0.25, 0.3) is 5.69 Å². The molecule has 1 fully saturated rings. The second kappa shape index (κ2) is 5.07. The molecule has 5 nitrogen and oxygen atoms in total. The Hall–Kier alpha value is -1.78. The molecule has 1 aromatic carbocycles. The summed E-state index contributed by atoms with van der Waals surface area (Å²) in [5, 5.41) is 10.9. The van der Waals surface area contributed by atoms with E-state index in [1.54, 1.807) is 6.07 Å². The largest absolute Gasteiger partial charge is 0.398 e. The molecule has 2 N–H and O–H groups in total. The normalized spacial score (nSPS) is 27.3. The summed E-state index contributed by atoms with van der Waals surface area (Å²) in [6, 6.07) is 5.23. The monoisotopic (exact) mass is 263 g/mol. The van der Waals surface area contributed by atoms with Crippen LogP contribution in [0.5, 0.6) is 0 Å². The quantitative estimate of drug-likeness (QED) is 0.505. The SMILES string of the molecule is CC1CC(C)C(C)N(c2cc(N)cc([N+](=O)[O-])c2)C1. The van der Waals surface area contributed by atoms with Crippen molar-refractivity contribution in [2.75, 3.05) is 17.2 Å². The maximum atomic E-state index is 10.9. The van der Waals surface area contributed by atoms with Crippen LogP contribution in [0.4, 0.5) is 17.1 Å². The van der Waals surface area contributed by atoms with E-state index in [-0.39, 0.29) is 10.6 Å². The summed E-state index contributed by atoms with van der Waals surface area (Å²) in [7, 11) is 0. The highest BCUT2D eigenvalue weighted by Crippen LogP contribution is 2.34. The van der Waals surface area contributed by atoms with Gasteiger partial charge in [0.2, 0.25) is 0 Å². The van der Waals surface area contributed by atoms with Gasteiger partial charge in [-0.25, -0.2) is 0 Å². The molecule has 0 saturated carbocycles. The van der Waals surface area contributed by atoms with E-state index in [9.17, 15) is 10.1 Å². The molecule has 2 rings (SSSR count). The van der Waals surface area contributed by atoms with Crippen LogP contribution in [0, 0.1) is 22.0 Å². The van der Waals surface area contributed by atoms with Gasteiger partial charge in [0, 0.05) is 36.1 Å². The van der Waals surface area contributed by atoms with Crippen molar-refractivity contribution in [1.29, 1.82) is 0 Å². The zero-order valence-electron chi connectivity index (χ0n) is 11.7. The van der Waals surface area contributed by atoms with Crippen molar-refractivity contribution < 1.29 is 4.92 Å². The molecule has 3 unspecified atom stereocenters. The maximum absolute atomic E-state index is 10.9. The molecule has 0 spiro atoms. The van der Waals surface area contributed by atoms with Crippen LogP contribution in [0.15, 0.2) is 18.2 Å². The van der Waals surface area contributed by atoms with Gasteiger partial charge in [-0.1, -0.05) is 13.8 Å². The molecular formula is C14H21N3O2. The fraction of sp³-hybridized carbons (Fsp3) is 0.571. The van der Waals surface area contributed by atoms with Crippen LogP contribution >= 0.6 is 0 Å². The Morgan fingerprint density at radius 1 is 1.32 bits per heavy atom. The Morgan fingerprint density at radius 3 is 2.63 bits per heavy atom. The molecule has 1 saturated heterocycles. The summed E-state index contributed by atoms with van der Waals surface area (Å²) in [5.74, 6) is 1.16. The number of hydrogen-bond acceptors (Lipinski definition) is 4. The minimum Gasteiger partial charge on any atom is -0.398 e. The highest BCUT2D eigenvalue weighted by Gasteiger charge is 2.29. The molecule has 0 aliphatic carbocycles. The van der Waals surface area contributed by atoms with Gasteiger partial charge >= 0.3 is 0 Å². The van der Waals surface area contributed by atoms with E-state index >= 15 is 0 Å². The van der Waals surface area contributed by atoms with Crippen molar-refractivity contribution in [3.8, 4) is 0 Å². The Labute approximate surface area is 113 Å². The van der Waals surface area contributed by atoms with Crippen molar-refractivity contribution in [2.45, 2.75) is 33.2 Å². The molecular weight excluding hydrogens is 242 g/mol. The number of nitrogen functional groups attached to an aromatic ring is 1. The Kier molecular flexibility index (Phi) is 3.64.